The number of hydrogen-bond donors (Lipinski definition) is 5. The monoisotopic (exact) mass is 555 g/mol. The molecular weight excluding hydrogens is 518 g/mol. The summed E-state index contributed by atoms with van der Waals surface area (Å²) in [5.74, 6) is -1.87. The van der Waals surface area contributed by atoms with Crippen LogP contribution in [-0.2, 0) is 38.6 Å². The minimum Gasteiger partial charge on any atom is -0.356 e. The van der Waals surface area contributed by atoms with Crippen molar-refractivity contribution in [2.45, 2.75) is 58.3 Å². The van der Waals surface area contributed by atoms with Gasteiger partial charge in [-0.3, -0.25) is 19.2 Å². The third kappa shape index (κ3) is 8.41. The van der Waals surface area contributed by atoms with Crippen LogP contribution in [0.4, 0.5) is 11.4 Å². The van der Waals surface area contributed by atoms with E-state index < -0.39 is 29.9 Å². The van der Waals surface area contributed by atoms with Gasteiger partial charge in [-0.15, -0.1) is 0 Å². The Morgan fingerprint density at radius 3 is 2.07 bits per heavy atom. The van der Waals surface area contributed by atoms with Crippen molar-refractivity contribution >= 4 is 35.0 Å². The molecule has 0 saturated heterocycles. The number of fused-ring (bicyclic) bond motifs is 4. The second-order valence-electron chi connectivity index (χ2n) is 10.7. The van der Waals surface area contributed by atoms with E-state index in [0.29, 0.717) is 0 Å². The summed E-state index contributed by atoms with van der Waals surface area (Å²) in [6, 6.07) is 21.9. The van der Waals surface area contributed by atoms with Crippen LogP contribution in [0.15, 0.2) is 78.9 Å². The Balaban J connectivity index is 1.64. The van der Waals surface area contributed by atoms with Crippen molar-refractivity contribution in [2.24, 2.45) is 5.92 Å². The minimum atomic E-state index is -0.908. The Morgan fingerprint density at radius 2 is 1.39 bits per heavy atom. The number of rotatable bonds is 3. The Kier molecular flexibility index (Phi) is 9.73. The van der Waals surface area contributed by atoms with Crippen LogP contribution in [0.2, 0.25) is 0 Å². The Bertz CT molecular complexity index is 1390. The van der Waals surface area contributed by atoms with Gasteiger partial charge >= 0.3 is 0 Å². The molecule has 1 unspecified atom stereocenters. The summed E-state index contributed by atoms with van der Waals surface area (Å²) in [5, 5.41) is 14.6. The average Bonchev–Trinajstić information content (AvgIpc) is 2.94. The van der Waals surface area contributed by atoms with Crippen molar-refractivity contribution in [2.75, 3.05) is 5.32 Å². The lowest BCUT2D eigenvalue weighted by molar-refractivity contribution is -0.134. The molecule has 9 nitrogen and oxygen atoms in total. The van der Waals surface area contributed by atoms with Crippen molar-refractivity contribution in [3.05, 3.63) is 95.6 Å². The first-order valence-corrected chi connectivity index (χ1v) is 13.8. The number of benzene rings is 3. The normalized spacial score (nSPS) is 20.6. The summed E-state index contributed by atoms with van der Waals surface area (Å²) in [4.78, 5) is 52.7. The van der Waals surface area contributed by atoms with Crippen molar-refractivity contribution in [1.82, 2.24) is 21.3 Å². The van der Waals surface area contributed by atoms with Crippen LogP contribution in [0.3, 0.4) is 0 Å². The molecule has 4 bridgehead atoms. The van der Waals surface area contributed by atoms with E-state index in [-0.39, 0.29) is 37.1 Å². The Labute approximate surface area is 240 Å². The van der Waals surface area contributed by atoms with Crippen LogP contribution in [0, 0.1) is 5.92 Å². The summed E-state index contributed by atoms with van der Waals surface area (Å²) in [6.07, 6.45) is 0.327. The highest BCUT2D eigenvalue weighted by atomic mass is 16.2. The van der Waals surface area contributed by atoms with Gasteiger partial charge in [-0.2, -0.15) is 0 Å². The van der Waals surface area contributed by atoms with Crippen LogP contribution in [0.1, 0.15) is 37.5 Å². The van der Waals surface area contributed by atoms with Crippen molar-refractivity contribution < 1.29 is 19.2 Å². The van der Waals surface area contributed by atoms with E-state index in [9.17, 15) is 19.2 Å². The molecule has 214 valence electrons. The highest BCUT2D eigenvalue weighted by molar-refractivity contribution is 5.94. The molecule has 1 aliphatic heterocycles. The zero-order valence-corrected chi connectivity index (χ0v) is 23.6. The van der Waals surface area contributed by atoms with Gasteiger partial charge in [-0.25, -0.2) is 0 Å². The largest absolute Gasteiger partial charge is 0.356 e. The van der Waals surface area contributed by atoms with Gasteiger partial charge in [0, 0.05) is 24.3 Å². The van der Waals surface area contributed by atoms with Gasteiger partial charge < -0.3 is 26.6 Å². The van der Waals surface area contributed by atoms with Crippen LogP contribution in [-0.4, -0.2) is 41.8 Å². The molecule has 0 aliphatic carbocycles. The lowest BCUT2D eigenvalue weighted by Gasteiger charge is -2.26. The SMILES string of the molecule is CC(C)C1NC(=O)[C@H](Cc2ccccc2)NC(=O)Cc2cccc(c2)Nc2cccc(c2)CNC(=O)[C@H](C)NC1=O. The maximum atomic E-state index is 13.5. The van der Waals surface area contributed by atoms with Gasteiger partial charge in [0.25, 0.3) is 0 Å². The van der Waals surface area contributed by atoms with Crippen molar-refractivity contribution in [3.63, 3.8) is 0 Å². The van der Waals surface area contributed by atoms with Crippen molar-refractivity contribution in [3.8, 4) is 0 Å². The molecule has 0 aromatic heterocycles. The molecule has 4 amide bonds. The first-order chi connectivity index (χ1) is 19.7. The van der Waals surface area contributed by atoms with Crippen LogP contribution in [0.5, 0.6) is 0 Å². The summed E-state index contributed by atoms with van der Waals surface area (Å²) in [5.41, 5.74) is 4.15. The zero-order valence-electron chi connectivity index (χ0n) is 23.6. The molecule has 0 spiro atoms. The molecule has 0 radical (unpaired) electrons. The molecule has 0 fully saturated rings. The van der Waals surface area contributed by atoms with Gasteiger partial charge in [0.05, 0.1) is 6.42 Å². The van der Waals surface area contributed by atoms with Gasteiger partial charge in [0.15, 0.2) is 0 Å². The summed E-state index contributed by atoms with van der Waals surface area (Å²) in [7, 11) is 0. The molecule has 0 saturated carbocycles. The van der Waals surface area contributed by atoms with Crippen LogP contribution >= 0.6 is 0 Å². The van der Waals surface area contributed by atoms with E-state index in [2.05, 4.69) is 26.6 Å². The van der Waals surface area contributed by atoms with Gasteiger partial charge in [-0.1, -0.05) is 68.4 Å². The second kappa shape index (κ2) is 13.6. The molecule has 3 atom stereocenters. The number of nitrogens with one attached hydrogen (secondary N) is 5. The topological polar surface area (TPSA) is 128 Å². The number of carbonyl (C=O) groups is 4. The highest BCUT2D eigenvalue weighted by Crippen LogP contribution is 2.20. The Hall–Kier alpha value is -4.66. The maximum Gasteiger partial charge on any atom is 0.243 e. The van der Waals surface area contributed by atoms with E-state index in [4.69, 9.17) is 0 Å². The van der Waals surface area contributed by atoms with E-state index in [1.165, 1.54) is 0 Å². The maximum absolute atomic E-state index is 13.5. The molecular formula is C32H37N5O4. The van der Waals surface area contributed by atoms with Crippen LogP contribution < -0.4 is 26.6 Å². The minimum absolute atomic E-state index is 0.0752. The van der Waals surface area contributed by atoms with E-state index in [1.807, 2.05) is 92.7 Å². The van der Waals surface area contributed by atoms with Gasteiger partial charge in [-0.05, 0) is 53.8 Å². The summed E-state index contributed by atoms with van der Waals surface area (Å²) < 4.78 is 0. The summed E-state index contributed by atoms with van der Waals surface area (Å²) >= 11 is 0. The smallest absolute Gasteiger partial charge is 0.243 e. The standard InChI is InChI=1S/C32H37N5O4/c1-20(2)29-32(41)34-21(3)30(39)33-19-24-12-8-14-26(16-24)35-25-13-7-11-23(15-25)18-28(38)36-27(31(40)37-29)17-22-9-5-4-6-10-22/h4-16,20-21,27,29,35H,17-19H2,1-3H3,(H,33,39)(H,34,41)(H,36,38)(H,37,40)/t21-,27-,29?/m0/s1. The fraction of sp³-hybridized carbons (Fsp3) is 0.312. The van der Waals surface area contributed by atoms with Crippen molar-refractivity contribution in [1.29, 1.82) is 0 Å². The number of hydrogen-bond acceptors (Lipinski definition) is 5. The van der Waals surface area contributed by atoms with E-state index in [0.717, 1.165) is 28.1 Å². The molecule has 9 heteroatoms. The first-order valence-electron chi connectivity index (χ1n) is 13.8. The predicted molar refractivity (Wildman–Crippen MR) is 158 cm³/mol. The van der Waals surface area contributed by atoms with E-state index in [1.54, 1.807) is 6.92 Å². The fourth-order valence-electron chi connectivity index (χ4n) is 4.67. The Morgan fingerprint density at radius 1 is 0.732 bits per heavy atom. The first kappa shape index (κ1) is 29.3. The predicted octanol–water partition coefficient (Wildman–Crippen LogP) is 2.98. The molecule has 4 rings (SSSR count). The third-order valence-electron chi connectivity index (χ3n) is 6.91. The van der Waals surface area contributed by atoms with Gasteiger partial charge in [0.1, 0.15) is 18.1 Å². The summed E-state index contributed by atoms with van der Waals surface area (Å²) in [6.45, 7) is 5.50. The third-order valence-corrected chi connectivity index (χ3v) is 6.91. The van der Waals surface area contributed by atoms with E-state index >= 15 is 0 Å². The molecule has 3 aromatic rings. The molecule has 5 N–H and O–H groups in total. The lowest BCUT2D eigenvalue weighted by atomic mass is 10.0. The molecule has 3 aromatic carbocycles. The fourth-order valence-corrected chi connectivity index (χ4v) is 4.67. The molecule has 1 aliphatic rings. The number of amides is 4. The number of carbonyl (C=O) groups excluding carboxylic acids is 4. The average molecular weight is 556 g/mol. The zero-order chi connectivity index (χ0) is 29.4. The lowest BCUT2D eigenvalue weighted by Crippen LogP contribution is -2.58. The number of anilines is 2. The highest BCUT2D eigenvalue weighted by Gasteiger charge is 2.30. The quantitative estimate of drug-likeness (QED) is 0.340. The molecule has 41 heavy (non-hydrogen) atoms. The molecule has 1 heterocycles. The van der Waals surface area contributed by atoms with Gasteiger partial charge in [0.2, 0.25) is 23.6 Å². The van der Waals surface area contributed by atoms with Crippen LogP contribution in [0.25, 0.3) is 0 Å². The second-order valence-corrected chi connectivity index (χ2v) is 10.7.